The fourth-order valence-electron chi connectivity index (χ4n) is 2.84. The van der Waals surface area contributed by atoms with Crippen molar-refractivity contribution in [2.24, 2.45) is 17.6 Å². The summed E-state index contributed by atoms with van der Waals surface area (Å²) in [6, 6.07) is -4.77. The maximum absolute atomic E-state index is 12.9. The number of carboxylic acid groups (broad SMARTS) is 2. The first-order valence-electron chi connectivity index (χ1n) is 10.5. The number of nitrogens with one attached hydrogen (secondary N) is 3. The van der Waals surface area contributed by atoms with Crippen LogP contribution in [0.15, 0.2) is 0 Å². The molecule has 184 valence electrons. The summed E-state index contributed by atoms with van der Waals surface area (Å²) in [7, 11) is 0. The maximum atomic E-state index is 12.9. The average molecular weight is 461 g/mol. The van der Waals surface area contributed by atoms with Crippen LogP contribution >= 0.6 is 0 Å². The topological polar surface area (TPSA) is 208 Å². The first kappa shape index (κ1) is 29.3. The van der Waals surface area contributed by atoms with Gasteiger partial charge in [-0.2, -0.15) is 0 Å². The van der Waals surface area contributed by atoms with Crippen molar-refractivity contribution >= 4 is 29.7 Å². The minimum atomic E-state index is -1.43. The Balaban J connectivity index is 5.46. The Labute approximate surface area is 187 Å². The monoisotopic (exact) mass is 460 g/mol. The second-order valence-corrected chi connectivity index (χ2v) is 8.50. The molecule has 0 aliphatic carbocycles. The number of hydrogen-bond donors (Lipinski definition) is 7. The molecule has 0 spiro atoms. The molecule has 12 nitrogen and oxygen atoms in total. The van der Waals surface area contributed by atoms with Gasteiger partial charge in [0.2, 0.25) is 17.7 Å². The lowest BCUT2D eigenvalue weighted by Gasteiger charge is -2.26. The number of carbonyl (C=O) groups is 5. The van der Waals surface area contributed by atoms with Crippen LogP contribution in [0.1, 0.15) is 53.4 Å². The van der Waals surface area contributed by atoms with Crippen molar-refractivity contribution in [1.29, 1.82) is 0 Å². The molecule has 8 N–H and O–H groups in total. The third-order valence-electron chi connectivity index (χ3n) is 4.48. The molecule has 32 heavy (non-hydrogen) atoms. The first-order chi connectivity index (χ1) is 14.8. The molecular formula is C20H36N4O8. The van der Waals surface area contributed by atoms with E-state index in [9.17, 15) is 29.1 Å². The Hall–Kier alpha value is -2.73. The number of amides is 3. The molecule has 4 atom stereocenters. The molecule has 0 heterocycles. The number of aliphatic hydroxyl groups is 1. The zero-order valence-corrected chi connectivity index (χ0v) is 19.0. The van der Waals surface area contributed by atoms with Gasteiger partial charge in [0.05, 0.1) is 6.61 Å². The van der Waals surface area contributed by atoms with E-state index in [1.54, 1.807) is 13.8 Å². The minimum absolute atomic E-state index is 0.00110. The Kier molecular flexibility index (Phi) is 13.1. The van der Waals surface area contributed by atoms with Crippen molar-refractivity contribution in [2.45, 2.75) is 77.5 Å². The second-order valence-electron chi connectivity index (χ2n) is 8.50. The molecule has 0 radical (unpaired) electrons. The number of aliphatic hydroxyl groups excluding tert-OH is 1. The van der Waals surface area contributed by atoms with E-state index in [2.05, 4.69) is 16.0 Å². The van der Waals surface area contributed by atoms with E-state index in [0.717, 1.165) is 0 Å². The third kappa shape index (κ3) is 11.6. The number of carbonyl (C=O) groups excluding carboxylic acids is 3. The summed E-state index contributed by atoms with van der Waals surface area (Å²) in [5, 5.41) is 34.4. The van der Waals surface area contributed by atoms with Crippen molar-refractivity contribution in [3.63, 3.8) is 0 Å². The van der Waals surface area contributed by atoms with Crippen LogP contribution in [0.2, 0.25) is 0 Å². The van der Waals surface area contributed by atoms with E-state index >= 15 is 0 Å². The van der Waals surface area contributed by atoms with Crippen LogP contribution in [-0.4, -0.2) is 75.8 Å². The molecule has 0 aliphatic rings. The van der Waals surface area contributed by atoms with Gasteiger partial charge in [0.1, 0.15) is 24.2 Å². The lowest BCUT2D eigenvalue weighted by Crippen LogP contribution is -2.57. The Morgan fingerprint density at radius 2 is 1.16 bits per heavy atom. The first-order valence-corrected chi connectivity index (χ1v) is 10.5. The lowest BCUT2D eigenvalue weighted by molar-refractivity contribution is -0.143. The van der Waals surface area contributed by atoms with Gasteiger partial charge in [0.25, 0.3) is 0 Å². The number of carboxylic acids is 2. The van der Waals surface area contributed by atoms with Crippen LogP contribution in [-0.2, 0) is 24.0 Å². The highest BCUT2D eigenvalue weighted by Crippen LogP contribution is 2.10. The number of nitrogens with two attached hydrogens (primary N) is 1. The van der Waals surface area contributed by atoms with Crippen molar-refractivity contribution in [3.8, 4) is 0 Å². The standard InChI is InChI=1S/C20H36N4O8/c1-10(2)7-14(23-17(28)12(21)9-25)19(30)24-15(8-11(3)4)18(29)22-13(20(31)32)5-6-16(26)27/h10-15,25H,5-9,21H2,1-4H3,(H,22,29)(H,23,28)(H,24,30)(H,26,27)(H,31,32). The van der Waals surface area contributed by atoms with Gasteiger partial charge in [-0.15, -0.1) is 0 Å². The molecule has 0 aromatic carbocycles. The molecule has 3 amide bonds. The second kappa shape index (κ2) is 14.4. The maximum Gasteiger partial charge on any atom is 0.326 e. The van der Waals surface area contributed by atoms with E-state index in [0.29, 0.717) is 0 Å². The molecular weight excluding hydrogens is 424 g/mol. The normalized spacial score (nSPS) is 14.9. The molecule has 4 unspecified atom stereocenters. The highest BCUT2D eigenvalue weighted by molar-refractivity contribution is 5.94. The Morgan fingerprint density at radius 1 is 0.750 bits per heavy atom. The fourth-order valence-corrected chi connectivity index (χ4v) is 2.84. The Morgan fingerprint density at radius 3 is 1.50 bits per heavy atom. The molecule has 0 fully saturated rings. The van der Waals surface area contributed by atoms with Crippen molar-refractivity contribution in [3.05, 3.63) is 0 Å². The quantitative estimate of drug-likeness (QED) is 0.156. The molecule has 0 aliphatic heterocycles. The lowest BCUT2D eigenvalue weighted by atomic mass is 9.99. The Bertz CT molecular complexity index is 668. The zero-order chi connectivity index (χ0) is 25.0. The zero-order valence-electron chi connectivity index (χ0n) is 19.0. The van der Waals surface area contributed by atoms with Gasteiger partial charge in [0.15, 0.2) is 0 Å². The summed E-state index contributed by atoms with van der Waals surface area (Å²) in [6.45, 7) is 6.67. The molecule has 0 aromatic rings. The summed E-state index contributed by atoms with van der Waals surface area (Å²) < 4.78 is 0. The summed E-state index contributed by atoms with van der Waals surface area (Å²) in [5.41, 5.74) is 5.49. The number of aliphatic carboxylic acids is 2. The molecule has 0 aromatic heterocycles. The number of hydrogen-bond acceptors (Lipinski definition) is 7. The van der Waals surface area contributed by atoms with Gasteiger partial charge in [-0.05, 0) is 31.1 Å². The van der Waals surface area contributed by atoms with Crippen LogP contribution in [0.25, 0.3) is 0 Å². The molecule has 0 saturated carbocycles. The summed E-state index contributed by atoms with van der Waals surface area (Å²) in [6.07, 6.45) is -0.348. The van der Waals surface area contributed by atoms with Crippen LogP contribution < -0.4 is 21.7 Å². The molecule has 0 rings (SSSR count). The van der Waals surface area contributed by atoms with E-state index in [1.165, 1.54) is 0 Å². The highest BCUT2D eigenvalue weighted by atomic mass is 16.4. The SMILES string of the molecule is CC(C)CC(NC(=O)C(N)CO)C(=O)NC(CC(C)C)C(=O)NC(CCC(=O)O)C(=O)O. The van der Waals surface area contributed by atoms with E-state index in [4.69, 9.17) is 15.9 Å². The fraction of sp³-hybridized carbons (Fsp3) is 0.750. The smallest absolute Gasteiger partial charge is 0.326 e. The summed E-state index contributed by atoms with van der Waals surface area (Å²) in [4.78, 5) is 59.7. The number of rotatable bonds is 15. The van der Waals surface area contributed by atoms with Crippen LogP contribution in [0, 0.1) is 11.8 Å². The minimum Gasteiger partial charge on any atom is -0.481 e. The van der Waals surface area contributed by atoms with Gasteiger partial charge in [-0.1, -0.05) is 27.7 Å². The summed E-state index contributed by atoms with van der Waals surface area (Å²) >= 11 is 0. The van der Waals surface area contributed by atoms with Crippen molar-refractivity contribution in [2.75, 3.05) is 6.61 Å². The van der Waals surface area contributed by atoms with Gasteiger partial charge < -0.3 is 37.0 Å². The molecule has 0 bridgehead atoms. The largest absolute Gasteiger partial charge is 0.481 e. The average Bonchev–Trinajstić information content (AvgIpc) is 2.67. The predicted octanol–water partition coefficient (Wildman–Crippen LogP) is -1.20. The summed E-state index contributed by atoms with van der Waals surface area (Å²) in [5.74, 6) is -4.79. The van der Waals surface area contributed by atoms with Crippen molar-refractivity contribution in [1.82, 2.24) is 16.0 Å². The van der Waals surface area contributed by atoms with Gasteiger partial charge in [-0.3, -0.25) is 19.2 Å². The van der Waals surface area contributed by atoms with Crippen LogP contribution in [0.5, 0.6) is 0 Å². The van der Waals surface area contributed by atoms with Gasteiger partial charge >= 0.3 is 11.9 Å². The van der Waals surface area contributed by atoms with Crippen LogP contribution in [0.4, 0.5) is 0 Å². The molecule has 0 saturated heterocycles. The van der Waals surface area contributed by atoms with E-state index in [1.807, 2.05) is 13.8 Å². The van der Waals surface area contributed by atoms with Crippen LogP contribution in [0.3, 0.4) is 0 Å². The van der Waals surface area contributed by atoms with E-state index in [-0.39, 0.29) is 31.1 Å². The molecule has 12 heteroatoms. The van der Waals surface area contributed by atoms with Gasteiger partial charge in [-0.25, -0.2) is 4.79 Å². The predicted molar refractivity (Wildman–Crippen MR) is 114 cm³/mol. The van der Waals surface area contributed by atoms with Gasteiger partial charge in [0, 0.05) is 6.42 Å². The highest BCUT2D eigenvalue weighted by Gasteiger charge is 2.31. The van der Waals surface area contributed by atoms with E-state index < -0.39 is 66.9 Å². The van der Waals surface area contributed by atoms with Crippen molar-refractivity contribution < 1.29 is 39.3 Å². The third-order valence-corrected chi connectivity index (χ3v) is 4.48.